The Kier molecular flexibility index (Phi) is 4.15. The van der Waals surface area contributed by atoms with E-state index >= 15 is 0 Å². The molecule has 1 aromatic rings. The fraction of sp³-hybridized carbons (Fsp3) is 0.500. The van der Waals surface area contributed by atoms with Crippen molar-refractivity contribution in [1.29, 1.82) is 0 Å². The Morgan fingerprint density at radius 3 is 2.41 bits per heavy atom. The molecule has 1 saturated carbocycles. The van der Waals surface area contributed by atoms with E-state index in [1.807, 2.05) is 30.3 Å². The molecular formula is C14H20N2O. The molecular weight excluding hydrogens is 212 g/mol. The molecule has 0 spiro atoms. The largest absolute Gasteiger partial charge is 0.330 e. The molecule has 3 nitrogen and oxygen atoms in total. The number of para-hydroxylation sites is 1. The van der Waals surface area contributed by atoms with Crippen molar-refractivity contribution >= 4 is 11.6 Å². The average molecular weight is 232 g/mol. The first-order chi connectivity index (χ1) is 8.29. The Balaban J connectivity index is 1.85. The Morgan fingerprint density at radius 1 is 1.18 bits per heavy atom. The highest BCUT2D eigenvalue weighted by atomic mass is 16.1. The lowest BCUT2D eigenvalue weighted by Crippen LogP contribution is -2.29. The lowest BCUT2D eigenvalue weighted by Gasteiger charge is -2.26. The van der Waals surface area contributed by atoms with Gasteiger partial charge in [0.1, 0.15) is 0 Å². The van der Waals surface area contributed by atoms with E-state index in [-0.39, 0.29) is 11.8 Å². The molecule has 0 radical (unpaired) electrons. The third-order valence-electron chi connectivity index (χ3n) is 3.59. The predicted octanol–water partition coefficient (Wildman–Crippen LogP) is 2.39. The number of carbonyl (C=O) groups is 1. The number of nitrogens with one attached hydrogen (secondary N) is 1. The number of nitrogens with two attached hydrogens (primary N) is 1. The van der Waals surface area contributed by atoms with Crippen molar-refractivity contribution in [3.63, 3.8) is 0 Å². The minimum Gasteiger partial charge on any atom is -0.330 e. The highest BCUT2D eigenvalue weighted by Crippen LogP contribution is 2.28. The summed E-state index contributed by atoms with van der Waals surface area (Å²) in [7, 11) is 0. The Labute approximate surface area is 102 Å². The van der Waals surface area contributed by atoms with Gasteiger partial charge in [0.2, 0.25) is 5.91 Å². The number of anilines is 1. The summed E-state index contributed by atoms with van der Waals surface area (Å²) in [5.41, 5.74) is 6.54. The monoisotopic (exact) mass is 232 g/mol. The summed E-state index contributed by atoms with van der Waals surface area (Å²) in [6.07, 6.45) is 4.12. The first-order valence-corrected chi connectivity index (χ1v) is 6.35. The molecule has 0 heterocycles. The van der Waals surface area contributed by atoms with Crippen LogP contribution in [0, 0.1) is 11.8 Å². The van der Waals surface area contributed by atoms with Crippen LogP contribution >= 0.6 is 0 Å². The maximum absolute atomic E-state index is 12.0. The van der Waals surface area contributed by atoms with Gasteiger partial charge >= 0.3 is 0 Å². The number of benzene rings is 1. The first-order valence-electron chi connectivity index (χ1n) is 6.35. The highest BCUT2D eigenvalue weighted by molar-refractivity contribution is 5.92. The number of amides is 1. The van der Waals surface area contributed by atoms with E-state index in [0.717, 1.165) is 37.9 Å². The first kappa shape index (κ1) is 12.1. The molecule has 3 heteroatoms. The quantitative estimate of drug-likeness (QED) is 0.840. The molecule has 1 aliphatic rings. The van der Waals surface area contributed by atoms with E-state index in [2.05, 4.69) is 5.32 Å². The summed E-state index contributed by atoms with van der Waals surface area (Å²) in [5, 5.41) is 2.97. The average Bonchev–Trinajstić information content (AvgIpc) is 2.40. The smallest absolute Gasteiger partial charge is 0.227 e. The molecule has 1 fully saturated rings. The SMILES string of the molecule is NC[C@H]1CC[C@H](C(=O)Nc2ccccc2)CC1. The minimum absolute atomic E-state index is 0.159. The van der Waals surface area contributed by atoms with Crippen LogP contribution in [0.4, 0.5) is 5.69 Å². The molecule has 1 aliphatic carbocycles. The number of hydrogen-bond acceptors (Lipinski definition) is 2. The maximum Gasteiger partial charge on any atom is 0.227 e. The van der Waals surface area contributed by atoms with Gasteiger partial charge in [0, 0.05) is 11.6 Å². The molecule has 3 N–H and O–H groups in total. The lowest BCUT2D eigenvalue weighted by atomic mass is 9.81. The van der Waals surface area contributed by atoms with Crippen molar-refractivity contribution < 1.29 is 4.79 Å². The predicted molar refractivity (Wildman–Crippen MR) is 69.6 cm³/mol. The summed E-state index contributed by atoms with van der Waals surface area (Å²) in [5.74, 6) is 0.945. The van der Waals surface area contributed by atoms with Gasteiger partial charge in [-0.2, -0.15) is 0 Å². The summed E-state index contributed by atoms with van der Waals surface area (Å²) in [6, 6.07) is 9.65. The molecule has 0 aromatic heterocycles. The standard InChI is InChI=1S/C14H20N2O/c15-10-11-6-8-12(9-7-11)14(17)16-13-4-2-1-3-5-13/h1-5,11-12H,6-10,15H2,(H,16,17)/t11-,12-. The topological polar surface area (TPSA) is 55.1 Å². The lowest BCUT2D eigenvalue weighted by molar-refractivity contribution is -0.121. The Bertz CT molecular complexity index is 356. The second-order valence-electron chi connectivity index (χ2n) is 4.81. The van der Waals surface area contributed by atoms with E-state index in [1.54, 1.807) is 0 Å². The summed E-state index contributed by atoms with van der Waals surface area (Å²) in [6.45, 7) is 0.757. The van der Waals surface area contributed by atoms with E-state index in [0.29, 0.717) is 5.92 Å². The van der Waals surface area contributed by atoms with E-state index < -0.39 is 0 Å². The van der Waals surface area contributed by atoms with Crippen LogP contribution in [0.5, 0.6) is 0 Å². The van der Waals surface area contributed by atoms with Gasteiger partial charge in [0.15, 0.2) is 0 Å². The van der Waals surface area contributed by atoms with Crippen molar-refractivity contribution in [2.75, 3.05) is 11.9 Å². The minimum atomic E-state index is 0.159. The van der Waals surface area contributed by atoms with Crippen molar-refractivity contribution in [3.8, 4) is 0 Å². The summed E-state index contributed by atoms with van der Waals surface area (Å²) in [4.78, 5) is 12.0. The number of carbonyl (C=O) groups excluding carboxylic acids is 1. The normalized spacial score (nSPS) is 24.3. The second-order valence-corrected chi connectivity index (χ2v) is 4.81. The van der Waals surface area contributed by atoms with Gasteiger partial charge in [-0.1, -0.05) is 18.2 Å². The zero-order valence-electron chi connectivity index (χ0n) is 10.1. The van der Waals surface area contributed by atoms with Crippen LogP contribution in [0.15, 0.2) is 30.3 Å². The third-order valence-corrected chi connectivity index (χ3v) is 3.59. The van der Waals surface area contributed by atoms with Crippen LogP contribution in [-0.2, 0) is 4.79 Å². The Hall–Kier alpha value is -1.35. The molecule has 2 rings (SSSR count). The molecule has 0 unspecified atom stereocenters. The van der Waals surface area contributed by atoms with Gasteiger partial charge in [-0.3, -0.25) is 4.79 Å². The van der Waals surface area contributed by atoms with E-state index in [4.69, 9.17) is 5.73 Å². The number of hydrogen-bond donors (Lipinski definition) is 2. The van der Waals surface area contributed by atoms with Crippen molar-refractivity contribution in [2.45, 2.75) is 25.7 Å². The van der Waals surface area contributed by atoms with Crippen LogP contribution in [0.3, 0.4) is 0 Å². The molecule has 0 saturated heterocycles. The van der Waals surface area contributed by atoms with Crippen LogP contribution in [0.25, 0.3) is 0 Å². The van der Waals surface area contributed by atoms with Gasteiger partial charge < -0.3 is 11.1 Å². The van der Waals surface area contributed by atoms with Crippen LogP contribution in [-0.4, -0.2) is 12.5 Å². The molecule has 1 aromatic carbocycles. The van der Waals surface area contributed by atoms with Gasteiger partial charge in [-0.15, -0.1) is 0 Å². The van der Waals surface area contributed by atoms with Gasteiger partial charge in [-0.05, 0) is 50.3 Å². The second kappa shape index (κ2) is 5.82. The van der Waals surface area contributed by atoms with Crippen LogP contribution < -0.4 is 11.1 Å². The zero-order valence-corrected chi connectivity index (χ0v) is 10.1. The molecule has 0 atom stereocenters. The van der Waals surface area contributed by atoms with Crippen molar-refractivity contribution in [3.05, 3.63) is 30.3 Å². The molecule has 17 heavy (non-hydrogen) atoms. The molecule has 92 valence electrons. The van der Waals surface area contributed by atoms with Gasteiger partial charge in [0.25, 0.3) is 0 Å². The maximum atomic E-state index is 12.0. The highest BCUT2D eigenvalue weighted by Gasteiger charge is 2.25. The van der Waals surface area contributed by atoms with Crippen molar-refractivity contribution in [1.82, 2.24) is 0 Å². The number of rotatable bonds is 3. The van der Waals surface area contributed by atoms with E-state index in [9.17, 15) is 4.79 Å². The van der Waals surface area contributed by atoms with Gasteiger partial charge in [-0.25, -0.2) is 0 Å². The third kappa shape index (κ3) is 3.30. The van der Waals surface area contributed by atoms with Crippen molar-refractivity contribution in [2.24, 2.45) is 17.6 Å². The fourth-order valence-electron chi connectivity index (χ4n) is 2.43. The Morgan fingerprint density at radius 2 is 1.82 bits per heavy atom. The van der Waals surface area contributed by atoms with Crippen LogP contribution in [0.2, 0.25) is 0 Å². The summed E-state index contributed by atoms with van der Waals surface area (Å²) >= 11 is 0. The van der Waals surface area contributed by atoms with Crippen LogP contribution in [0.1, 0.15) is 25.7 Å². The molecule has 0 aliphatic heterocycles. The van der Waals surface area contributed by atoms with Gasteiger partial charge in [0.05, 0.1) is 0 Å². The summed E-state index contributed by atoms with van der Waals surface area (Å²) < 4.78 is 0. The zero-order chi connectivity index (χ0) is 12.1. The molecule has 1 amide bonds. The van der Waals surface area contributed by atoms with E-state index in [1.165, 1.54) is 0 Å². The fourth-order valence-corrected chi connectivity index (χ4v) is 2.43. The molecule has 0 bridgehead atoms.